The van der Waals surface area contributed by atoms with E-state index >= 15 is 0 Å². The van der Waals surface area contributed by atoms with E-state index in [0.29, 0.717) is 6.54 Å². The average Bonchev–Trinajstić information content (AvgIpc) is 3.15. The summed E-state index contributed by atoms with van der Waals surface area (Å²) >= 11 is 0. The molecule has 144 valence electrons. The zero-order chi connectivity index (χ0) is 19.2. The van der Waals surface area contributed by atoms with Gasteiger partial charge in [0, 0.05) is 17.3 Å². The van der Waals surface area contributed by atoms with E-state index in [2.05, 4.69) is 29.3 Å². The van der Waals surface area contributed by atoms with E-state index in [1.807, 2.05) is 30.3 Å². The van der Waals surface area contributed by atoms with Gasteiger partial charge in [-0.1, -0.05) is 19.1 Å². The summed E-state index contributed by atoms with van der Waals surface area (Å²) in [6.45, 7) is 3.38. The van der Waals surface area contributed by atoms with E-state index in [0.717, 1.165) is 48.6 Å². The van der Waals surface area contributed by atoms with Crippen molar-refractivity contribution in [3.05, 3.63) is 53.6 Å². The number of methoxy groups -OCH3 is 2. The maximum absolute atomic E-state index is 12.6. The summed E-state index contributed by atoms with van der Waals surface area (Å²) in [5, 5.41) is 3.01. The molecular weight excluding hydrogens is 340 g/mol. The van der Waals surface area contributed by atoms with Gasteiger partial charge in [-0.15, -0.1) is 0 Å². The maximum atomic E-state index is 12.6. The molecule has 2 aromatic rings. The normalized spacial score (nSPS) is 16.9. The molecular formula is C22H28N2O3. The second-order valence-corrected chi connectivity index (χ2v) is 6.84. The van der Waals surface area contributed by atoms with E-state index in [1.165, 1.54) is 5.56 Å². The number of hydrogen-bond acceptors (Lipinski definition) is 4. The predicted octanol–water partition coefficient (Wildman–Crippen LogP) is 4.04. The lowest BCUT2D eigenvalue weighted by Gasteiger charge is -2.26. The van der Waals surface area contributed by atoms with Gasteiger partial charge >= 0.3 is 0 Å². The summed E-state index contributed by atoms with van der Waals surface area (Å²) in [7, 11) is 3.34. The molecule has 0 aromatic heterocycles. The molecule has 1 aliphatic rings. The Kier molecular flexibility index (Phi) is 6.35. The molecule has 0 spiro atoms. The topological polar surface area (TPSA) is 50.8 Å². The number of likely N-dealkylation sites (tertiary alicyclic amines) is 1. The van der Waals surface area contributed by atoms with Crippen molar-refractivity contribution in [1.82, 2.24) is 4.90 Å². The molecule has 0 radical (unpaired) electrons. The summed E-state index contributed by atoms with van der Waals surface area (Å²) < 4.78 is 10.9. The number of aryl methyl sites for hydroxylation is 1. The number of rotatable bonds is 7. The van der Waals surface area contributed by atoms with E-state index in [1.54, 1.807) is 14.2 Å². The quantitative estimate of drug-likeness (QED) is 0.801. The highest BCUT2D eigenvalue weighted by molar-refractivity contribution is 5.92. The average molecular weight is 368 g/mol. The highest BCUT2D eigenvalue weighted by atomic mass is 16.5. The fraction of sp³-hybridized carbons (Fsp3) is 0.409. The summed E-state index contributed by atoms with van der Waals surface area (Å²) in [6, 6.07) is 14.0. The van der Waals surface area contributed by atoms with Crippen molar-refractivity contribution < 1.29 is 14.3 Å². The van der Waals surface area contributed by atoms with Crippen molar-refractivity contribution in [2.75, 3.05) is 32.6 Å². The molecule has 0 unspecified atom stereocenters. The van der Waals surface area contributed by atoms with Crippen LogP contribution in [-0.2, 0) is 11.2 Å². The summed E-state index contributed by atoms with van der Waals surface area (Å²) in [6.07, 6.45) is 3.05. The number of anilines is 1. The molecule has 1 atom stereocenters. The summed E-state index contributed by atoms with van der Waals surface area (Å²) in [4.78, 5) is 14.8. The molecule has 1 N–H and O–H groups in total. The second kappa shape index (κ2) is 8.91. The molecule has 5 nitrogen and oxygen atoms in total. The van der Waals surface area contributed by atoms with Crippen molar-refractivity contribution in [1.29, 1.82) is 0 Å². The third kappa shape index (κ3) is 4.61. The van der Waals surface area contributed by atoms with Crippen LogP contribution in [0.25, 0.3) is 0 Å². The minimum atomic E-state index is 0.00742. The van der Waals surface area contributed by atoms with E-state index < -0.39 is 0 Å². The minimum Gasteiger partial charge on any atom is -0.497 e. The molecule has 3 rings (SSSR count). The van der Waals surface area contributed by atoms with Crippen LogP contribution in [0.1, 0.15) is 36.9 Å². The Labute approximate surface area is 161 Å². The molecule has 0 saturated carbocycles. The van der Waals surface area contributed by atoms with Gasteiger partial charge in [-0.3, -0.25) is 9.69 Å². The highest BCUT2D eigenvalue weighted by Crippen LogP contribution is 2.38. The van der Waals surface area contributed by atoms with Gasteiger partial charge in [0.05, 0.1) is 20.8 Å². The van der Waals surface area contributed by atoms with Crippen molar-refractivity contribution >= 4 is 11.6 Å². The maximum Gasteiger partial charge on any atom is 0.238 e. The molecule has 0 bridgehead atoms. The summed E-state index contributed by atoms with van der Waals surface area (Å²) in [5.74, 6) is 1.65. The fourth-order valence-corrected chi connectivity index (χ4v) is 3.68. The first-order valence-electron chi connectivity index (χ1n) is 9.49. The van der Waals surface area contributed by atoms with Gasteiger partial charge in [0.15, 0.2) is 0 Å². The monoisotopic (exact) mass is 368 g/mol. The van der Waals surface area contributed by atoms with Gasteiger partial charge in [0.1, 0.15) is 11.5 Å². The fourth-order valence-electron chi connectivity index (χ4n) is 3.68. The number of ether oxygens (including phenoxy) is 2. The molecule has 1 heterocycles. The minimum absolute atomic E-state index is 0.00742. The van der Waals surface area contributed by atoms with Gasteiger partial charge in [-0.25, -0.2) is 0 Å². The Hall–Kier alpha value is -2.53. The van der Waals surface area contributed by atoms with Gasteiger partial charge in [0.2, 0.25) is 5.91 Å². The largest absolute Gasteiger partial charge is 0.497 e. The zero-order valence-electron chi connectivity index (χ0n) is 16.3. The Morgan fingerprint density at radius 1 is 1.15 bits per heavy atom. The van der Waals surface area contributed by atoms with Crippen LogP contribution < -0.4 is 14.8 Å². The number of nitrogens with zero attached hydrogens (tertiary/aromatic N) is 1. The van der Waals surface area contributed by atoms with Crippen LogP contribution in [0.15, 0.2) is 42.5 Å². The first-order chi connectivity index (χ1) is 13.1. The Balaban J connectivity index is 1.70. The van der Waals surface area contributed by atoms with Crippen LogP contribution in [0, 0.1) is 0 Å². The number of hydrogen-bond donors (Lipinski definition) is 1. The Morgan fingerprint density at radius 3 is 2.59 bits per heavy atom. The lowest BCUT2D eigenvalue weighted by molar-refractivity contribution is -0.117. The predicted molar refractivity (Wildman–Crippen MR) is 108 cm³/mol. The van der Waals surface area contributed by atoms with Crippen LogP contribution in [-0.4, -0.2) is 38.1 Å². The Bertz CT molecular complexity index is 774. The number of carbonyl (C=O) groups excluding carboxylic acids is 1. The zero-order valence-corrected chi connectivity index (χ0v) is 16.3. The van der Waals surface area contributed by atoms with Crippen molar-refractivity contribution in [3.8, 4) is 11.5 Å². The lowest BCUT2D eigenvalue weighted by atomic mass is 10.0. The molecule has 27 heavy (non-hydrogen) atoms. The third-order valence-electron chi connectivity index (χ3n) is 5.15. The standard InChI is InChI=1S/C22H28N2O3/c1-4-16-7-9-17(10-8-16)23-22(25)15-24-13-5-6-20(24)19-14-18(26-2)11-12-21(19)27-3/h7-12,14,20H,4-6,13,15H2,1-3H3,(H,23,25)/t20-/m1/s1. The van der Waals surface area contributed by atoms with Crippen LogP contribution in [0.3, 0.4) is 0 Å². The summed E-state index contributed by atoms with van der Waals surface area (Å²) in [5.41, 5.74) is 3.18. The number of benzene rings is 2. The van der Waals surface area contributed by atoms with Crippen molar-refractivity contribution in [2.45, 2.75) is 32.2 Å². The van der Waals surface area contributed by atoms with Crippen molar-refractivity contribution in [2.24, 2.45) is 0 Å². The number of carbonyl (C=O) groups is 1. The molecule has 0 aliphatic carbocycles. The smallest absolute Gasteiger partial charge is 0.238 e. The first-order valence-corrected chi connectivity index (χ1v) is 9.49. The van der Waals surface area contributed by atoms with Gasteiger partial charge in [-0.2, -0.15) is 0 Å². The third-order valence-corrected chi connectivity index (χ3v) is 5.15. The van der Waals surface area contributed by atoms with Crippen LogP contribution in [0.2, 0.25) is 0 Å². The SMILES string of the molecule is CCc1ccc(NC(=O)CN2CCC[C@@H]2c2cc(OC)ccc2OC)cc1. The molecule has 1 saturated heterocycles. The van der Waals surface area contributed by atoms with Crippen LogP contribution in [0.4, 0.5) is 5.69 Å². The van der Waals surface area contributed by atoms with Gasteiger partial charge < -0.3 is 14.8 Å². The number of amides is 1. The molecule has 1 fully saturated rings. The molecule has 1 amide bonds. The van der Waals surface area contributed by atoms with E-state index in [-0.39, 0.29) is 11.9 Å². The lowest BCUT2D eigenvalue weighted by Crippen LogP contribution is -2.33. The van der Waals surface area contributed by atoms with E-state index in [4.69, 9.17) is 9.47 Å². The second-order valence-electron chi connectivity index (χ2n) is 6.84. The molecule has 1 aliphatic heterocycles. The first kappa shape index (κ1) is 19.2. The van der Waals surface area contributed by atoms with Crippen LogP contribution in [0.5, 0.6) is 11.5 Å². The van der Waals surface area contributed by atoms with Crippen molar-refractivity contribution in [3.63, 3.8) is 0 Å². The Morgan fingerprint density at radius 2 is 1.93 bits per heavy atom. The molecule has 5 heteroatoms. The number of nitrogens with one attached hydrogen (secondary N) is 1. The van der Waals surface area contributed by atoms with Gasteiger partial charge in [-0.05, 0) is 61.7 Å². The van der Waals surface area contributed by atoms with Crippen LogP contribution >= 0.6 is 0 Å². The van der Waals surface area contributed by atoms with Gasteiger partial charge in [0.25, 0.3) is 0 Å². The highest BCUT2D eigenvalue weighted by Gasteiger charge is 2.30. The molecule has 2 aromatic carbocycles. The van der Waals surface area contributed by atoms with E-state index in [9.17, 15) is 4.79 Å².